The largest absolute Gasteiger partial charge is 0.494 e. The van der Waals surface area contributed by atoms with Crippen LogP contribution in [0.4, 0.5) is 13.2 Å². The van der Waals surface area contributed by atoms with E-state index < -0.39 is 17.3 Å². The lowest BCUT2D eigenvalue weighted by Gasteiger charge is -2.14. The van der Waals surface area contributed by atoms with E-state index in [-0.39, 0.29) is 10.7 Å². The maximum absolute atomic E-state index is 13.5. The number of hydrogen-bond donors (Lipinski definition) is 0. The molecule has 0 unspecified atom stereocenters. The third-order valence-corrected chi connectivity index (χ3v) is 4.66. The summed E-state index contributed by atoms with van der Waals surface area (Å²) < 4.78 is 45.7. The number of halogens is 3. The zero-order valence-corrected chi connectivity index (χ0v) is 15.4. The van der Waals surface area contributed by atoms with Crippen LogP contribution in [-0.4, -0.2) is 17.3 Å². The topological polar surface area (TPSA) is 45.9 Å². The van der Waals surface area contributed by atoms with E-state index in [1.807, 2.05) is 13.8 Å². The van der Waals surface area contributed by atoms with Gasteiger partial charge in [-0.05, 0) is 49.4 Å². The average Bonchev–Trinajstić information content (AvgIpc) is 2.61. The summed E-state index contributed by atoms with van der Waals surface area (Å²) in [6.45, 7) is 4.35. The molecule has 7 heteroatoms. The van der Waals surface area contributed by atoms with Crippen molar-refractivity contribution < 1.29 is 17.9 Å². The predicted octanol–water partition coefficient (Wildman–Crippen LogP) is 5.93. The highest BCUT2D eigenvalue weighted by molar-refractivity contribution is 7.99. The number of unbranched alkanes of at least 4 members (excludes halogenated alkanes) is 1. The average molecular weight is 380 g/mol. The molecule has 138 valence electrons. The maximum Gasteiger partial charge on any atom is 0.417 e. The van der Waals surface area contributed by atoms with Gasteiger partial charge >= 0.3 is 6.18 Å². The number of rotatable bonds is 7. The van der Waals surface area contributed by atoms with Crippen LogP contribution in [0.2, 0.25) is 0 Å². The zero-order chi connectivity index (χ0) is 19.2. The molecule has 2 aromatic rings. The van der Waals surface area contributed by atoms with E-state index >= 15 is 0 Å². The van der Waals surface area contributed by atoms with Crippen molar-refractivity contribution in [2.75, 3.05) is 12.4 Å². The molecular weight excluding hydrogens is 361 g/mol. The molecule has 0 aliphatic carbocycles. The summed E-state index contributed by atoms with van der Waals surface area (Å²) in [5, 5.41) is 9.38. The Labute approximate surface area is 155 Å². The number of pyridine rings is 1. The summed E-state index contributed by atoms with van der Waals surface area (Å²) >= 11 is 1.19. The fraction of sp³-hybridized carbons (Fsp3) is 0.368. The number of hydrogen-bond acceptors (Lipinski definition) is 4. The van der Waals surface area contributed by atoms with E-state index in [2.05, 4.69) is 4.98 Å². The number of thioether (sulfide) groups is 1. The lowest BCUT2D eigenvalue weighted by molar-refractivity contribution is -0.138. The molecule has 0 N–H and O–H groups in total. The van der Waals surface area contributed by atoms with Crippen LogP contribution in [-0.2, 0) is 6.18 Å². The van der Waals surface area contributed by atoms with Crippen molar-refractivity contribution in [3.05, 3.63) is 41.5 Å². The van der Waals surface area contributed by atoms with Gasteiger partial charge in [-0.15, -0.1) is 11.8 Å². The van der Waals surface area contributed by atoms with Crippen molar-refractivity contribution >= 4 is 11.8 Å². The molecule has 0 bridgehead atoms. The Bertz CT molecular complexity index is 783. The third kappa shape index (κ3) is 4.92. The Balaban J connectivity index is 2.51. The molecule has 2 rings (SSSR count). The van der Waals surface area contributed by atoms with Gasteiger partial charge in [0.05, 0.1) is 23.4 Å². The van der Waals surface area contributed by atoms with E-state index in [0.717, 1.165) is 18.9 Å². The Hall–Kier alpha value is -2.20. The van der Waals surface area contributed by atoms with Gasteiger partial charge in [-0.2, -0.15) is 18.4 Å². The molecule has 0 saturated carbocycles. The Morgan fingerprint density at radius 1 is 1.19 bits per heavy atom. The monoisotopic (exact) mass is 380 g/mol. The molecule has 0 aliphatic heterocycles. The molecule has 0 fully saturated rings. The van der Waals surface area contributed by atoms with E-state index in [4.69, 9.17) is 4.74 Å². The molecule has 0 aliphatic rings. The maximum atomic E-state index is 13.5. The van der Waals surface area contributed by atoms with Crippen molar-refractivity contribution in [3.63, 3.8) is 0 Å². The molecule has 1 heterocycles. The van der Waals surface area contributed by atoms with Gasteiger partial charge in [-0.25, -0.2) is 4.98 Å². The quantitative estimate of drug-likeness (QED) is 0.441. The second kappa shape index (κ2) is 8.95. The first-order valence-electron chi connectivity index (χ1n) is 8.29. The molecule has 1 aromatic carbocycles. The van der Waals surface area contributed by atoms with Crippen LogP contribution in [0.15, 0.2) is 35.4 Å². The Morgan fingerprint density at radius 2 is 1.88 bits per heavy atom. The summed E-state index contributed by atoms with van der Waals surface area (Å²) in [5.41, 5.74) is -0.620. The highest BCUT2D eigenvalue weighted by Gasteiger charge is 2.36. The second-order valence-corrected chi connectivity index (χ2v) is 6.59. The van der Waals surface area contributed by atoms with Crippen LogP contribution in [0.5, 0.6) is 5.75 Å². The number of ether oxygens (including phenoxy) is 1. The molecule has 0 radical (unpaired) electrons. The van der Waals surface area contributed by atoms with Gasteiger partial charge in [0.2, 0.25) is 0 Å². The number of benzene rings is 1. The molecular formula is C19H19F3N2OS. The lowest BCUT2D eigenvalue weighted by Crippen LogP contribution is -2.10. The first-order chi connectivity index (χ1) is 12.4. The number of aromatic nitrogens is 1. The van der Waals surface area contributed by atoms with Gasteiger partial charge in [0.15, 0.2) is 0 Å². The normalized spacial score (nSPS) is 11.2. The third-order valence-electron chi connectivity index (χ3n) is 3.60. The molecule has 1 aromatic heterocycles. The first kappa shape index (κ1) is 20.1. The van der Waals surface area contributed by atoms with Crippen LogP contribution < -0.4 is 4.74 Å². The standard InChI is InChI=1S/C19H19F3N2OS/c1-3-5-10-26-18-15(12-23)16(19(20,21)22)11-17(24-18)13-6-8-14(9-7-13)25-4-2/h6-9,11H,3-5,10H2,1-2H3. The van der Waals surface area contributed by atoms with Gasteiger partial charge in [0, 0.05) is 5.56 Å². The summed E-state index contributed by atoms with van der Waals surface area (Å²) in [6, 6.07) is 9.34. The Kier molecular flexibility index (Phi) is 6.92. The minimum atomic E-state index is -4.62. The van der Waals surface area contributed by atoms with Crippen molar-refractivity contribution in [1.29, 1.82) is 5.26 Å². The molecule has 0 amide bonds. The summed E-state index contributed by atoms with van der Waals surface area (Å²) in [7, 11) is 0. The summed E-state index contributed by atoms with van der Waals surface area (Å²) in [6.07, 6.45) is -2.86. The molecule has 3 nitrogen and oxygen atoms in total. The van der Waals surface area contributed by atoms with Crippen molar-refractivity contribution in [2.24, 2.45) is 0 Å². The Morgan fingerprint density at radius 3 is 2.42 bits per heavy atom. The van der Waals surface area contributed by atoms with Crippen molar-refractivity contribution in [3.8, 4) is 23.1 Å². The van der Waals surface area contributed by atoms with E-state index in [0.29, 0.717) is 23.7 Å². The zero-order valence-electron chi connectivity index (χ0n) is 14.6. The molecule has 0 spiro atoms. The lowest BCUT2D eigenvalue weighted by atomic mass is 10.1. The summed E-state index contributed by atoms with van der Waals surface area (Å²) in [5.74, 6) is 1.25. The van der Waals surface area contributed by atoms with Gasteiger partial charge in [0.25, 0.3) is 0 Å². The van der Waals surface area contributed by atoms with Crippen LogP contribution in [0.25, 0.3) is 11.3 Å². The van der Waals surface area contributed by atoms with Crippen LogP contribution in [0.3, 0.4) is 0 Å². The number of alkyl halides is 3. The SMILES string of the molecule is CCCCSc1nc(-c2ccc(OCC)cc2)cc(C(F)(F)F)c1C#N. The minimum absolute atomic E-state index is 0.125. The minimum Gasteiger partial charge on any atom is -0.494 e. The predicted molar refractivity (Wildman–Crippen MR) is 96.2 cm³/mol. The van der Waals surface area contributed by atoms with Crippen molar-refractivity contribution in [2.45, 2.75) is 37.9 Å². The second-order valence-electron chi connectivity index (χ2n) is 5.50. The van der Waals surface area contributed by atoms with Gasteiger partial charge in [0.1, 0.15) is 16.8 Å². The molecule has 0 atom stereocenters. The van der Waals surface area contributed by atoms with Gasteiger partial charge < -0.3 is 4.74 Å². The molecule has 26 heavy (non-hydrogen) atoms. The fourth-order valence-electron chi connectivity index (χ4n) is 2.31. The van der Waals surface area contributed by atoms with E-state index in [1.165, 1.54) is 11.8 Å². The first-order valence-corrected chi connectivity index (χ1v) is 9.27. The van der Waals surface area contributed by atoms with E-state index in [9.17, 15) is 18.4 Å². The highest BCUT2D eigenvalue weighted by Crippen LogP contribution is 2.38. The van der Waals surface area contributed by atoms with E-state index in [1.54, 1.807) is 30.3 Å². The number of nitrogens with zero attached hydrogens (tertiary/aromatic N) is 2. The fourth-order valence-corrected chi connectivity index (χ4v) is 3.40. The molecule has 0 saturated heterocycles. The van der Waals surface area contributed by atoms with Crippen LogP contribution in [0.1, 0.15) is 37.8 Å². The number of nitriles is 1. The van der Waals surface area contributed by atoms with Gasteiger partial charge in [-0.3, -0.25) is 0 Å². The highest BCUT2D eigenvalue weighted by atomic mass is 32.2. The smallest absolute Gasteiger partial charge is 0.417 e. The van der Waals surface area contributed by atoms with Crippen LogP contribution >= 0.6 is 11.8 Å². The van der Waals surface area contributed by atoms with Crippen molar-refractivity contribution in [1.82, 2.24) is 4.98 Å². The summed E-state index contributed by atoms with van der Waals surface area (Å²) in [4.78, 5) is 4.34. The van der Waals surface area contributed by atoms with Gasteiger partial charge in [-0.1, -0.05) is 13.3 Å². The van der Waals surface area contributed by atoms with Crippen LogP contribution in [0, 0.1) is 11.3 Å².